The number of carbonyl (C=O) groups excluding carboxylic acids is 1. The van der Waals surface area contributed by atoms with Crippen LogP contribution in [0.4, 0.5) is 0 Å². The first-order chi connectivity index (χ1) is 7.72. The Balaban J connectivity index is 2.25. The Kier molecular flexibility index (Phi) is 5.79. The second-order valence-electron chi connectivity index (χ2n) is 4.19. The van der Waals surface area contributed by atoms with Gasteiger partial charge in [-0.05, 0) is 25.5 Å². The maximum atomic E-state index is 11.7. The molecule has 0 bridgehead atoms. The van der Waals surface area contributed by atoms with Crippen LogP contribution in [0.3, 0.4) is 0 Å². The third-order valence-corrected chi connectivity index (χ3v) is 2.62. The highest BCUT2D eigenvalue weighted by molar-refractivity contribution is 5.79. The summed E-state index contributed by atoms with van der Waals surface area (Å²) in [6.45, 7) is 5.04. The summed E-state index contributed by atoms with van der Waals surface area (Å²) >= 11 is 0. The zero-order valence-corrected chi connectivity index (χ0v) is 10.2. The molecular formula is C14H21NO. The van der Waals surface area contributed by atoms with Gasteiger partial charge < -0.3 is 5.32 Å². The number of hydrogen-bond donors (Lipinski definition) is 1. The number of Topliss-reactive ketones (excluding diaryl/α,β-unsaturated/α-hetero) is 1. The van der Waals surface area contributed by atoms with Crippen molar-refractivity contribution in [3.8, 4) is 0 Å². The Bertz CT molecular complexity index is 308. The molecule has 0 saturated heterocycles. The molecule has 88 valence electrons. The average Bonchev–Trinajstić information content (AvgIpc) is 2.28. The van der Waals surface area contributed by atoms with E-state index in [0.29, 0.717) is 24.7 Å². The molecule has 0 fully saturated rings. The van der Waals surface area contributed by atoms with Crippen LogP contribution in [0.15, 0.2) is 30.3 Å². The molecule has 0 aliphatic carbocycles. The standard InChI is InChI=1S/C14H21NO/c1-3-15-12(2)11-14(16)10-9-13-7-5-4-6-8-13/h4-8,12,15H,3,9-11H2,1-2H3. The lowest BCUT2D eigenvalue weighted by Crippen LogP contribution is -2.28. The zero-order valence-electron chi connectivity index (χ0n) is 10.2. The third kappa shape index (κ3) is 5.08. The molecule has 0 spiro atoms. The number of hydrogen-bond acceptors (Lipinski definition) is 2. The van der Waals surface area contributed by atoms with Crippen molar-refractivity contribution in [2.75, 3.05) is 6.54 Å². The first kappa shape index (κ1) is 12.9. The fraction of sp³-hybridized carbons (Fsp3) is 0.500. The van der Waals surface area contributed by atoms with Gasteiger partial charge in [0.05, 0.1) is 0 Å². The molecule has 1 unspecified atom stereocenters. The van der Waals surface area contributed by atoms with Crippen LogP contribution in [0.25, 0.3) is 0 Å². The van der Waals surface area contributed by atoms with Gasteiger partial charge in [-0.2, -0.15) is 0 Å². The molecule has 0 radical (unpaired) electrons. The van der Waals surface area contributed by atoms with Gasteiger partial charge in [0, 0.05) is 18.9 Å². The summed E-state index contributed by atoms with van der Waals surface area (Å²) < 4.78 is 0. The Hall–Kier alpha value is -1.15. The largest absolute Gasteiger partial charge is 0.314 e. The Morgan fingerprint density at radius 3 is 2.62 bits per heavy atom. The second kappa shape index (κ2) is 7.18. The van der Waals surface area contributed by atoms with Gasteiger partial charge in [-0.25, -0.2) is 0 Å². The van der Waals surface area contributed by atoms with E-state index in [2.05, 4.69) is 31.3 Å². The molecule has 1 aromatic rings. The minimum atomic E-state index is 0.299. The van der Waals surface area contributed by atoms with Crippen LogP contribution in [-0.4, -0.2) is 18.4 Å². The van der Waals surface area contributed by atoms with Gasteiger partial charge in [-0.3, -0.25) is 4.79 Å². The first-order valence-corrected chi connectivity index (χ1v) is 6.01. The van der Waals surface area contributed by atoms with Gasteiger partial charge >= 0.3 is 0 Å². The summed E-state index contributed by atoms with van der Waals surface area (Å²) in [5, 5.41) is 3.25. The highest BCUT2D eigenvalue weighted by Gasteiger charge is 2.07. The molecule has 0 aromatic heterocycles. The smallest absolute Gasteiger partial charge is 0.134 e. The summed E-state index contributed by atoms with van der Waals surface area (Å²) in [5.74, 6) is 0.345. The van der Waals surface area contributed by atoms with E-state index >= 15 is 0 Å². The maximum absolute atomic E-state index is 11.7. The van der Waals surface area contributed by atoms with E-state index in [0.717, 1.165) is 13.0 Å². The van der Waals surface area contributed by atoms with Crippen LogP contribution in [0.5, 0.6) is 0 Å². The van der Waals surface area contributed by atoms with E-state index in [4.69, 9.17) is 0 Å². The van der Waals surface area contributed by atoms with E-state index in [9.17, 15) is 4.79 Å². The molecule has 1 atom stereocenters. The highest BCUT2D eigenvalue weighted by Crippen LogP contribution is 2.05. The van der Waals surface area contributed by atoms with Gasteiger partial charge in [-0.15, -0.1) is 0 Å². The maximum Gasteiger partial charge on any atom is 0.134 e. The predicted molar refractivity (Wildman–Crippen MR) is 67.5 cm³/mol. The quantitative estimate of drug-likeness (QED) is 0.763. The molecule has 0 amide bonds. The molecular weight excluding hydrogens is 198 g/mol. The van der Waals surface area contributed by atoms with Crippen molar-refractivity contribution in [3.63, 3.8) is 0 Å². The summed E-state index contributed by atoms with van der Waals surface area (Å²) in [4.78, 5) is 11.7. The van der Waals surface area contributed by atoms with E-state index in [1.54, 1.807) is 0 Å². The minimum Gasteiger partial charge on any atom is -0.314 e. The van der Waals surface area contributed by atoms with Crippen LogP contribution in [0, 0.1) is 0 Å². The van der Waals surface area contributed by atoms with E-state index in [1.807, 2.05) is 18.2 Å². The number of rotatable bonds is 7. The summed E-state index contributed by atoms with van der Waals surface area (Å²) in [7, 11) is 0. The van der Waals surface area contributed by atoms with Crippen molar-refractivity contribution in [1.82, 2.24) is 5.32 Å². The number of nitrogens with one attached hydrogen (secondary N) is 1. The van der Waals surface area contributed by atoms with Crippen molar-refractivity contribution in [2.24, 2.45) is 0 Å². The highest BCUT2D eigenvalue weighted by atomic mass is 16.1. The monoisotopic (exact) mass is 219 g/mol. The molecule has 1 aromatic carbocycles. The SMILES string of the molecule is CCNC(C)CC(=O)CCc1ccccc1. The molecule has 0 aliphatic rings. The van der Waals surface area contributed by atoms with E-state index in [1.165, 1.54) is 5.56 Å². The van der Waals surface area contributed by atoms with Crippen molar-refractivity contribution in [1.29, 1.82) is 0 Å². The minimum absolute atomic E-state index is 0.299. The molecule has 0 aliphatic heterocycles. The lowest BCUT2D eigenvalue weighted by Gasteiger charge is -2.10. The normalized spacial score (nSPS) is 12.4. The van der Waals surface area contributed by atoms with Gasteiger partial charge in [0.25, 0.3) is 0 Å². The van der Waals surface area contributed by atoms with Crippen LogP contribution < -0.4 is 5.32 Å². The van der Waals surface area contributed by atoms with Crippen LogP contribution in [0.1, 0.15) is 32.3 Å². The number of ketones is 1. The Morgan fingerprint density at radius 2 is 2.00 bits per heavy atom. The fourth-order valence-electron chi connectivity index (χ4n) is 1.79. The topological polar surface area (TPSA) is 29.1 Å². The summed E-state index contributed by atoms with van der Waals surface area (Å²) in [6, 6.07) is 10.5. The van der Waals surface area contributed by atoms with Gasteiger partial charge in [-0.1, -0.05) is 37.3 Å². The molecule has 1 N–H and O–H groups in total. The first-order valence-electron chi connectivity index (χ1n) is 6.01. The van der Waals surface area contributed by atoms with E-state index in [-0.39, 0.29) is 0 Å². The fourth-order valence-corrected chi connectivity index (χ4v) is 1.79. The van der Waals surface area contributed by atoms with Crippen molar-refractivity contribution < 1.29 is 4.79 Å². The molecule has 0 heterocycles. The second-order valence-corrected chi connectivity index (χ2v) is 4.19. The van der Waals surface area contributed by atoms with E-state index < -0.39 is 0 Å². The lowest BCUT2D eigenvalue weighted by molar-refractivity contribution is -0.119. The van der Waals surface area contributed by atoms with Crippen molar-refractivity contribution in [2.45, 2.75) is 39.2 Å². The molecule has 1 rings (SSSR count). The van der Waals surface area contributed by atoms with Gasteiger partial charge in [0.1, 0.15) is 5.78 Å². The molecule has 16 heavy (non-hydrogen) atoms. The number of benzene rings is 1. The van der Waals surface area contributed by atoms with Crippen LogP contribution in [-0.2, 0) is 11.2 Å². The van der Waals surface area contributed by atoms with Gasteiger partial charge in [0.2, 0.25) is 0 Å². The van der Waals surface area contributed by atoms with Crippen LogP contribution >= 0.6 is 0 Å². The third-order valence-electron chi connectivity index (χ3n) is 2.62. The molecule has 2 heteroatoms. The molecule has 0 saturated carbocycles. The Labute approximate surface area is 98.1 Å². The summed E-state index contributed by atoms with van der Waals surface area (Å²) in [6.07, 6.45) is 2.15. The number of carbonyl (C=O) groups is 1. The Morgan fingerprint density at radius 1 is 1.31 bits per heavy atom. The lowest BCUT2D eigenvalue weighted by atomic mass is 10.0. The number of aryl methyl sites for hydroxylation is 1. The van der Waals surface area contributed by atoms with Crippen LogP contribution in [0.2, 0.25) is 0 Å². The van der Waals surface area contributed by atoms with Gasteiger partial charge in [0.15, 0.2) is 0 Å². The summed E-state index contributed by atoms with van der Waals surface area (Å²) in [5.41, 5.74) is 1.24. The zero-order chi connectivity index (χ0) is 11.8. The van der Waals surface area contributed by atoms with Crippen molar-refractivity contribution in [3.05, 3.63) is 35.9 Å². The van der Waals surface area contributed by atoms with Crippen molar-refractivity contribution >= 4 is 5.78 Å². The predicted octanol–water partition coefficient (Wildman–Crippen LogP) is 2.58. The average molecular weight is 219 g/mol. The molecule has 2 nitrogen and oxygen atoms in total.